The Morgan fingerprint density at radius 3 is 1.61 bits per heavy atom. The maximum atomic E-state index is 8.54. The lowest BCUT2D eigenvalue weighted by molar-refractivity contribution is 1.02. The third kappa shape index (κ3) is 2.26. The molecule has 0 aliphatic heterocycles. The molecule has 3 heteroatoms. The summed E-state index contributed by atoms with van der Waals surface area (Å²) < 4.78 is 0. The largest absolute Gasteiger partial charge is 0.326 e. The van der Waals surface area contributed by atoms with Crippen molar-refractivity contribution in [2.45, 2.75) is 25.7 Å². The van der Waals surface area contributed by atoms with E-state index in [9.17, 15) is 0 Å². The van der Waals surface area contributed by atoms with E-state index in [0.29, 0.717) is 5.96 Å². The molecule has 0 saturated heterocycles. The van der Waals surface area contributed by atoms with Gasteiger partial charge in [0.25, 0.3) is 0 Å². The molecule has 0 saturated carbocycles. The Bertz CT molecular complexity index is 1190. The van der Waals surface area contributed by atoms with Crippen molar-refractivity contribution in [1.82, 2.24) is 0 Å². The zero-order valence-electron chi connectivity index (χ0n) is 15.6. The van der Waals surface area contributed by atoms with E-state index in [1.165, 1.54) is 43.8 Å². The van der Waals surface area contributed by atoms with Crippen LogP contribution in [0.3, 0.4) is 0 Å². The molecule has 2 aliphatic rings. The van der Waals surface area contributed by atoms with Gasteiger partial charge in [0, 0.05) is 11.4 Å². The number of anilines is 2. The summed E-state index contributed by atoms with van der Waals surface area (Å²) in [4.78, 5) is 0. The van der Waals surface area contributed by atoms with Crippen molar-refractivity contribution in [2.75, 3.05) is 10.6 Å². The fourth-order valence-corrected chi connectivity index (χ4v) is 5.06. The number of hydrogen-bond acceptors (Lipinski definition) is 1. The molecule has 0 spiro atoms. The minimum Gasteiger partial charge on any atom is -0.326 e. The monoisotopic (exact) mass is 363 g/mol. The van der Waals surface area contributed by atoms with Gasteiger partial charge >= 0.3 is 0 Å². The maximum absolute atomic E-state index is 8.54. The Labute approximate surface area is 163 Å². The molecule has 2 aliphatic carbocycles. The zero-order valence-corrected chi connectivity index (χ0v) is 15.6. The highest BCUT2D eigenvalue weighted by atomic mass is 15.1. The molecule has 28 heavy (non-hydrogen) atoms. The molecular formula is C25H21N3. The second-order valence-electron chi connectivity index (χ2n) is 7.84. The van der Waals surface area contributed by atoms with Crippen molar-refractivity contribution in [3.8, 4) is 0 Å². The molecule has 0 unspecified atom stereocenters. The van der Waals surface area contributed by atoms with E-state index in [2.05, 4.69) is 71.3 Å². The fourth-order valence-electron chi connectivity index (χ4n) is 5.06. The van der Waals surface area contributed by atoms with E-state index >= 15 is 0 Å². The van der Waals surface area contributed by atoms with Crippen LogP contribution >= 0.6 is 0 Å². The first-order valence-electron chi connectivity index (χ1n) is 9.97. The van der Waals surface area contributed by atoms with E-state index in [0.717, 1.165) is 37.1 Å². The molecule has 3 nitrogen and oxygen atoms in total. The Hall–Kier alpha value is -3.33. The Morgan fingerprint density at radius 2 is 1.11 bits per heavy atom. The number of hydrogen-bond donors (Lipinski definition) is 3. The lowest BCUT2D eigenvalue weighted by Gasteiger charge is -2.16. The van der Waals surface area contributed by atoms with E-state index in [-0.39, 0.29) is 0 Å². The molecule has 6 rings (SSSR count). The van der Waals surface area contributed by atoms with Crippen molar-refractivity contribution >= 4 is 38.9 Å². The first-order chi connectivity index (χ1) is 13.8. The number of guanidine groups is 1. The zero-order chi connectivity index (χ0) is 18.7. The molecular weight excluding hydrogens is 342 g/mol. The van der Waals surface area contributed by atoms with Gasteiger partial charge in [-0.05, 0) is 81.6 Å². The average Bonchev–Trinajstić information content (AvgIpc) is 3.34. The molecule has 0 fully saturated rings. The van der Waals surface area contributed by atoms with Crippen molar-refractivity contribution < 1.29 is 0 Å². The van der Waals surface area contributed by atoms with Crippen LogP contribution in [0, 0.1) is 5.41 Å². The van der Waals surface area contributed by atoms with Crippen LogP contribution in [0.5, 0.6) is 0 Å². The summed E-state index contributed by atoms with van der Waals surface area (Å²) in [6.45, 7) is 0. The first kappa shape index (κ1) is 15.7. The van der Waals surface area contributed by atoms with Crippen molar-refractivity contribution in [2.24, 2.45) is 0 Å². The number of nitrogens with one attached hydrogen (secondary N) is 3. The molecule has 0 atom stereocenters. The lowest BCUT2D eigenvalue weighted by Crippen LogP contribution is -2.21. The van der Waals surface area contributed by atoms with E-state index in [1.54, 1.807) is 0 Å². The molecule has 0 bridgehead atoms. The van der Waals surface area contributed by atoms with Crippen LogP contribution in [-0.4, -0.2) is 5.96 Å². The third-order valence-electron chi connectivity index (χ3n) is 6.29. The molecule has 0 aromatic heterocycles. The van der Waals surface area contributed by atoms with Gasteiger partial charge in [-0.2, -0.15) is 0 Å². The summed E-state index contributed by atoms with van der Waals surface area (Å²) in [5.41, 5.74) is 7.62. The highest BCUT2D eigenvalue weighted by Crippen LogP contribution is 2.37. The summed E-state index contributed by atoms with van der Waals surface area (Å²) in [6, 6.07) is 21.6. The van der Waals surface area contributed by atoms with Crippen LogP contribution in [0.2, 0.25) is 0 Å². The molecule has 4 aromatic carbocycles. The van der Waals surface area contributed by atoms with E-state index in [1.807, 2.05) is 0 Å². The standard InChI is InChI=1S/C25H21N3/c26-25(27-21-13-9-17-5-1-3-15-7-11-19(21)23(15)17)28-22-14-10-18-6-2-4-16-8-12-20(22)24(16)18/h1-6,9-10,13-14H,7-8,11-12H2,(H3,26,27,28). The lowest BCUT2D eigenvalue weighted by atomic mass is 10.0. The summed E-state index contributed by atoms with van der Waals surface area (Å²) in [6.07, 6.45) is 4.25. The number of aryl methyl sites for hydroxylation is 4. The van der Waals surface area contributed by atoms with Crippen LogP contribution in [0.15, 0.2) is 60.7 Å². The van der Waals surface area contributed by atoms with Gasteiger partial charge in [-0.15, -0.1) is 0 Å². The fraction of sp³-hybridized carbons (Fsp3) is 0.160. The highest BCUT2D eigenvalue weighted by molar-refractivity contribution is 6.07. The Balaban J connectivity index is 1.32. The molecule has 136 valence electrons. The molecule has 3 N–H and O–H groups in total. The predicted octanol–water partition coefficient (Wildman–Crippen LogP) is 5.65. The molecule has 0 heterocycles. The second-order valence-corrected chi connectivity index (χ2v) is 7.84. The van der Waals surface area contributed by atoms with Gasteiger partial charge < -0.3 is 10.6 Å². The highest BCUT2D eigenvalue weighted by Gasteiger charge is 2.20. The predicted molar refractivity (Wildman–Crippen MR) is 118 cm³/mol. The topological polar surface area (TPSA) is 47.9 Å². The maximum Gasteiger partial charge on any atom is 0.197 e. The summed E-state index contributed by atoms with van der Waals surface area (Å²) in [7, 11) is 0. The third-order valence-corrected chi connectivity index (χ3v) is 6.29. The summed E-state index contributed by atoms with van der Waals surface area (Å²) in [5.74, 6) is 0.333. The van der Waals surface area contributed by atoms with Gasteiger partial charge in [-0.1, -0.05) is 48.5 Å². The van der Waals surface area contributed by atoms with Gasteiger partial charge in [0.2, 0.25) is 0 Å². The van der Waals surface area contributed by atoms with Crippen LogP contribution in [0.1, 0.15) is 22.3 Å². The Morgan fingerprint density at radius 1 is 0.607 bits per heavy atom. The van der Waals surface area contributed by atoms with Gasteiger partial charge in [-0.25, -0.2) is 0 Å². The molecule has 4 aromatic rings. The van der Waals surface area contributed by atoms with Gasteiger partial charge in [-0.3, -0.25) is 5.41 Å². The van der Waals surface area contributed by atoms with Crippen LogP contribution in [0.25, 0.3) is 21.5 Å². The van der Waals surface area contributed by atoms with Crippen molar-refractivity contribution in [1.29, 1.82) is 5.41 Å². The SMILES string of the molecule is N=C(Nc1ccc2cccc3c2c1CC3)Nc1ccc2cccc3c2c1CC3. The normalized spacial score (nSPS) is 14.0. The summed E-state index contributed by atoms with van der Waals surface area (Å²) >= 11 is 0. The first-order valence-corrected chi connectivity index (χ1v) is 9.97. The van der Waals surface area contributed by atoms with Crippen molar-refractivity contribution in [3.63, 3.8) is 0 Å². The minimum atomic E-state index is 0.333. The Kier molecular flexibility index (Phi) is 3.27. The van der Waals surface area contributed by atoms with E-state index < -0.39 is 0 Å². The minimum absolute atomic E-state index is 0.333. The second kappa shape index (κ2) is 5.83. The quantitative estimate of drug-likeness (QED) is 0.318. The summed E-state index contributed by atoms with van der Waals surface area (Å²) in [5, 5.41) is 20.5. The van der Waals surface area contributed by atoms with Crippen LogP contribution in [-0.2, 0) is 25.7 Å². The number of benzene rings is 4. The van der Waals surface area contributed by atoms with E-state index in [4.69, 9.17) is 5.41 Å². The van der Waals surface area contributed by atoms with Gasteiger partial charge in [0.1, 0.15) is 0 Å². The average molecular weight is 363 g/mol. The van der Waals surface area contributed by atoms with Crippen LogP contribution < -0.4 is 10.6 Å². The smallest absolute Gasteiger partial charge is 0.197 e. The van der Waals surface area contributed by atoms with Crippen LogP contribution in [0.4, 0.5) is 11.4 Å². The van der Waals surface area contributed by atoms with Gasteiger partial charge in [0.05, 0.1) is 0 Å². The van der Waals surface area contributed by atoms with Crippen molar-refractivity contribution in [3.05, 3.63) is 82.9 Å². The number of rotatable bonds is 2. The van der Waals surface area contributed by atoms with Gasteiger partial charge in [0.15, 0.2) is 5.96 Å². The molecule has 0 amide bonds. The molecule has 0 radical (unpaired) electrons.